The van der Waals surface area contributed by atoms with Crippen LogP contribution in [-0.4, -0.2) is 14.7 Å². The molecule has 7 heteroatoms. The van der Waals surface area contributed by atoms with Gasteiger partial charge >= 0.3 is 0 Å². The first kappa shape index (κ1) is 14.3. The molecule has 108 valence electrons. The fraction of sp³-hybridized carbons (Fsp3) is 0.0714. The zero-order chi connectivity index (χ0) is 15.2. The van der Waals surface area contributed by atoms with Gasteiger partial charge in [0, 0.05) is 10.9 Å². The molecule has 0 atom stereocenters. The molecule has 0 spiro atoms. The van der Waals surface area contributed by atoms with Crippen molar-refractivity contribution in [1.82, 2.24) is 0 Å². The third-order valence-electron chi connectivity index (χ3n) is 3.26. The summed E-state index contributed by atoms with van der Waals surface area (Å²) in [5, 5.41) is 1.75. The number of fused-ring (bicyclic) bond motifs is 1. The number of para-hydroxylation sites is 1. The molecule has 2 heterocycles. The third-order valence-corrected chi connectivity index (χ3v) is 6.66. The molecule has 1 aromatic heterocycles. The number of thiophene rings is 1. The van der Waals surface area contributed by atoms with E-state index in [0.29, 0.717) is 33.7 Å². The second-order valence-electron chi connectivity index (χ2n) is 4.48. The number of anilines is 2. The second kappa shape index (κ2) is 4.98. The lowest BCUT2D eigenvalue weighted by Crippen LogP contribution is -2.30. The van der Waals surface area contributed by atoms with Crippen molar-refractivity contribution in [2.45, 2.75) is 6.92 Å². The van der Waals surface area contributed by atoms with Crippen LogP contribution in [0.5, 0.6) is 0 Å². The molecule has 0 amide bonds. The van der Waals surface area contributed by atoms with Crippen LogP contribution in [0.1, 0.15) is 22.2 Å². The van der Waals surface area contributed by atoms with Gasteiger partial charge in [0.25, 0.3) is 10.0 Å². The maximum atomic E-state index is 12.7. The summed E-state index contributed by atoms with van der Waals surface area (Å²) in [6.45, 7) is 1.64. The standard InChI is InChI=1S/C14H10ClNO3S2/c1-9-11-8-20-12(7-17)13(11)16(21(18,19)14(9)15)10-5-3-2-4-6-10/h2-8H,1H3. The minimum atomic E-state index is -3.89. The number of rotatable bonds is 2. The quantitative estimate of drug-likeness (QED) is 0.778. The topological polar surface area (TPSA) is 54.5 Å². The predicted octanol–water partition coefficient (Wildman–Crippen LogP) is 3.97. The molecule has 0 fully saturated rings. The van der Waals surface area contributed by atoms with E-state index >= 15 is 0 Å². The number of hydrogen-bond acceptors (Lipinski definition) is 4. The molecule has 1 aliphatic heterocycles. The predicted molar refractivity (Wildman–Crippen MR) is 85.7 cm³/mol. The Kier molecular flexibility index (Phi) is 3.39. The van der Waals surface area contributed by atoms with Crippen molar-refractivity contribution >= 4 is 56.2 Å². The molecule has 0 saturated heterocycles. The van der Waals surface area contributed by atoms with Gasteiger partial charge in [0.05, 0.1) is 16.3 Å². The molecule has 0 N–H and O–H groups in total. The summed E-state index contributed by atoms with van der Waals surface area (Å²) in [5.41, 5.74) is 1.96. The van der Waals surface area contributed by atoms with Gasteiger partial charge in [0.2, 0.25) is 0 Å². The van der Waals surface area contributed by atoms with Gasteiger partial charge < -0.3 is 0 Å². The Morgan fingerprint density at radius 2 is 1.90 bits per heavy atom. The van der Waals surface area contributed by atoms with Crippen LogP contribution in [0.15, 0.2) is 40.1 Å². The Balaban J connectivity index is 2.39. The van der Waals surface area contributed by atoms with E-state index in [9.17, 15) is 13.2 Å². The van der Waals surface area contributed by atoms with Gasteiger partial charge in [-0.15, -0.1) is 11.3 Å². The monoisotopic (exact) mass is 339 g/mol. The minimum absolute atomic E-state index is 0.214. The van der Waals surface area contributed by atoms with Gasteiger partial charge in [-0.25, -0.2) is 4.31 Å². The van der Waals surface area contributed by atoms with Crippen LogP contribution < -0.4 is 4.31 Å². The molecule has 1 aliphatic rings. The minimum Gasteiger partial charge on any atom is -0.297 e. The van der Waals surface area contributed by atoms with Gasteiger partial charge in [-0.2, -0.15) is 8.42 Å². The second-order valence-corrected chi connectivity index (χ2v) is 7.72. The lowest BCUT2D eigenvalue weighted by molar-refractivity contribution is 0.112. The van der Waals surface area contributed by atoms with Crippen LogP contribution in [0, 0.1) is 0 Å². The molecule has 0 unspecified atom stereocenters. The maximum absolute atomic E-state index is 12.7. The average Bonchev–Trinajstić information content (AvgIpc) is 2.89. The largest absolute Gasteiger partial charge is 0.297 e. The first-order chi connectivity index (χ1) is 9.98. The van der Waals surface area contributed by atoms with Crippen LogP contribution in [0.25, 0.3) is 5.57 Å². The highest BCUT2D eigenvalue weighted by molar-refractivity contribution is 7.98. The Morgan fingerprint density at radius 3 is 2.52 bits per heavy atom. The molecular weight excluding hydrogens is 330 g/mol. The highest BCUT2D eigenvalue weighted by Crippen LogP contribution is 2.48. The van der Waals surface area contributed by atoms with Crippen LogP contribution >= 0.6 is 22.9 Å². The number of halogens is 1. The van der Waals surface area contributed by atoms with E-state index in [2.05, 4.69) is 0 Å². The van der Waals surface area contributed by atoms with Crippen LogP contribution in [0.2, 0.25) is 0 Å². The summed E-state index contributed by atoms with van der Waals surface area (Å²) in [6, 6.07) is 8.59. The third kappa shape index (κ3) is 2.02. The summed E-state index contributed by atoms with van der Waals surface area (Å²) in [6.07, 6.45) is 0.668. The lowest BCUT2D eigenvalue weighted by Gasteiger charge is -2.29. The summed E-state index contributed by atoms with van der Waals surface area (Å²) in [5.74, 6) is 0. The van der Waals surface area contributed by atoms with E-state index in [1.165, 1.54) is 11.3 Å². The molecule has 3 rings (SSSR count). The van der Waals surface area contributed by atoms with Crippen molar-refractivity contribution in [1.29, 1.82) is 0 Å². The highest BCUT2D eigenvalue weighted by Gasteiger charge is 2.38. The lowest BCUT2D eigenvalue weighted by atomic mass is 10.1. The number of sulfonamides is 1. The Morgan fingerprint density at radius 1 is 1.24 bits per heavy atom. The highest BCUT2D eigenvalue weighted by atomic mass is 35.5. The van der Waals surface area contributed by atoms with Gasteiger partial charge in [0.15, 0.2) is 10.7 Å². The fourth-order valence-electron chi connectivity index (χ4n) is 2.26. The van der Waals surface area contributed by atoms with E-state index in [1.54, 1.807) is 42.6 Å². The molecule has 0 bridgehead atoms. The Bertz CT molecular complexity index is 854. The number of carbonyl (C=O) groups is 1. The van der Waals surface area contributed by atoms with Crippen molar-refractivity contribution in [3.8, 4) is 0 Å². The summed E-state index contributed by atoms with van der Waals surface area (Å²) in [7, 11) is -3.89. The van der Waals surface area contributed by atoms with Crippen molar-refractivity contribution in [2.75, 3.05) is 4.31 Å². The van der Waals surface area contributed by atoms with E-state index < -0.39 is 10.0 Å². The van der Waals surface area contributed by atoms with E-state index in [-0.39, 0.29) is 4.36 Å². The van der Waals surface area contributed by atoms with Crippen molar-refractivity contribution in [3.05, 3.63) is 50.5 Å². The molecule has 21 heavy (non-hydrogen) atoms. The first-order valence-electron chi connectivity index (χ1n) is 6.02. The number of nitrogens with zero attached hydrogens (tertiary/aromatic N) is 1. The molecule has 2 aromatic rings. The van der Waals surface area contributed by atoms with Gasteiger partial charge in [-0.05, 0) is 24.6 Å². The smallest absolute Gasteiger partial charge is 0.279 e. The SMILES string of the molecule is CC1=C(Cl)S(=O)(=O)N(c2ccccc2)c2c1csc2C=O. The van der Waals surface area contributed by atoms with E-state index in [0.717, 1.165) is 4.31 Å². The molecule has 4 nitrogen and oxygen atoms in total. The van der Waals surface area contributed by atoms with Gasteiger partial charge in [-0.3, -0.25) is 4.79 Å². The van der Waals surface area contributed by atoms with E-state index in [1.807, 2.05) is 0 Å². The molecule has 0 radical (unpaired) electrons. The zero-order valence-electron chi connectivity index (χ0n) is 10.9. The molecule has 0 aliphatic carbocycles. The van der Waals surface area contributed by atoms with Crippen LogP contribution in [0.4, 0.5) is 11.4 Å². The summed E-state index contributed by atoms with van der Waals surface area (Å²) < 4.78 is 26.3. The maximum Gasteiger partial charge on any atom is 0.279 e. The molecule has 1 aromatic carbocycles. The van der Waals surface area contributed by atoms with E-state index in [4.69, 9.17) is 11.6 Å². The summed E-state index contributed by atoms with van der Waals surface area (Å²) in [4.78, 5) is 11.6. The Labute approximate surface area is 131 Å². The molecule has 0 saturated carbocycles. The summed E-state index contributed by atoms with van der Waals surface area (Å²) >= 11 is 7.25. The number of carbonyl (C=O) groups excluding carboxylic acids is 1. The average molecular weight is 340 g/mol. The zero-order valence-corrected chi connectivity index (χ0v) is 13.3. The number of hydrogen-bond donors (Lipinski definition) is 0. The number of benzene rings is 1. The van der Waals surface area contributed by atoms with Crippen molar-refractivity contribution in [2.24, 2.45) is 0 Å². The molecular formula is C14H10ClNO3S2. The Hall–Kier alpha value is -1.63. The van der Waals surface area contributed by atoms with Crippen molar-refractivity contribution < 1.29 is 13.2 Å². The van der Waals surface area contributed by atoms with Crippen LogP contribution in [-0.2, 0) is 10.0 Å². The van der Waals surface area contributed by atoms with Crippen LogP contribution in [0.3, 0.4) is 0 Å². The van der Waals surface area contributed by atoms with Crippen molar-refractivity contribution in [3.63, 3.8) is 0 Å². The number of aldehydes is 1. The normalized spacial score (nSPS) is 16.8. The van der Waals surface area contributed by atoms with Gasteiger partial charge in [-0.1, -0.05) is 29.8 Å². The fourth-order valence-corrected chi connectivity index (χ4v) is 5.02. The van der Waals surface area contributed by atoms with Gasteiger partial charge in [0.1, 0.15) is 0 Å². The number of allylic oxidation sites excluding steroid dienone is 1. The first-order valence-corrected chi connectivity index (χ1v) is 8.72.